The molecule has 2 heterocycles. The third kappa shape index (κ3) is 6.11. The molecule has 1 N–H and O–H groups in total. The summed E-state index contributed by atoms with van der Waals surface area (Å²) >= 11 is 0. The molecular formula is C29H40N4O6. The fourth-order valence-electron chi connectivity index (χ4n) is 5.59. The number of methoxy groups -OCH3 is 2. The number of rotatable bonds is 7. The molecule has 0 radical (unpaired) electrons. The number of esters is 1. The van der Waals surface area contributed by atoms with Gasteiger partial charge in [-0.05, 0) is 42.2 Å². The van der Waals surface area contributed by atoms with Crippen LogP contribution >= 0.6 is 0 Å². The third-order valence-corrected chi connectivity index (χ3v) is 7.87. The van der Waals surface area contributed by atoms with Crippen LogP contribution < -0.4 is 5.32 Å². The number of benzene rings is 1. The summed E-state index contributed by atoms with van der Waals surface area (Å²) in [5, 5.41) is 7.03. The smallest absolute Gasteiger partial charge is 0.408 e. The number of amides is 2. The molecule has 10 heteroatoms. The molecule has 1 saturated carbocycles. The topological polar surface area (TPSA) is 112 Å². The maximum atomic E-state index is 14.1. The van der Waals surface area contributed by atoms with Gasteiger partial charge in [-0.25, -0.2) is 9.59 Å². The van der Waals surface area contributed by atoms with Gasteiger partial charge in [0, 0.05) is 32.3 Å². The van der Waals surface area contributed by atoms with E-state index in [1.165, 1.54) is 12.0 Å². The lowest BCUT2D eigenvalue weighted by Crippen LogP contribution is -2.57. The van der Waals surface area contributed by atoms with E-state index >= 15 is 0 Å². The van der Waals surface area contributed by atoms with Crippen molar-refractivity contribution in [3.63, 3.8) is 0 Å². The number of hydrogen-bond acceptors (Lipinski definition) is 7. The van der Waals surface area contributed by atoms with Crippen molar-refractivity contribution in [3.05, 3.63) is 42.2 Å². The molecule has 1 aliphatic heterocycles. The predicted molar refractivity (Wildman–Crippen MR) is 145 cm³/mol. The normalized spacial score (nSPS) is 22.5. The van der Waals surface area contributed by atoms with Crippen LogP contribution in [0.15, 0.2) is 36.7 Å². The fourth-order valence-corrected chi connectivity index (χ4v) is 5.59. The average Bonchev–Trinajstić information content (AvgIpc) is 3.66. The van der Waals surface area contributed by atoms with Crippen LogP contribution in [0.4, 0.5) is 4.79 Å². The number of carbonyl (C=O) groups is 3. The summed E-state index contributed by atoms with van der Waals surface area (Å²) in [6.45, 7) is 5.74. The Bertz CT molecular complexity index is 1180. The van der Waals surface area contributed by atoms with Gasteiger partial charge in [0.2, 0.25) is 5.91 Å². The van der Waals surface area contributed by atoms with Crippen molar-refractivity contribution in [3.8, 4) is 11.1 Å². The molecule has 2 amide bonds. The first-order chi connectivity index (χ1) is 18.5. The molecule has 39 heavy (non-hydrogen) atoms. The molecule has 0 spiro atoms. The maximum absolute atomic E-state index is 14.1. The minimum Gasteiger partial charge on any atom is -0.467 e. The van der Waals surface area contributed by atoms with Crippen molar-refractivity contribution < 1.29 is 28.6 Å². The second-order valence-electron chi connectivity index (χ2n) is 11.6. The first-order valence-corrected chi connectivity index (χ1v) is 13.5. The van der Waals surface area contributed by atoms with E-state index in [0.717, 1.165) is 42.4 Å². The van der Waals surface area contributed by atoms with Gasteiger partial charge in [-0.3, -0.25) is 9.48 Å². The summed E-state index contributed by atoms with van der Waals surface area (Å²) in [5.74, 6) is -0.914. The Balaban J connectivity index is 1.60. The Morgan fingerprint density at radius 2 is 1.74 bits per heavy atom. The number of nitrogens with one attached hydrogen (secondary N) is 1. The monoisotopic (exact) mass is 540 g/mol. The van der Waals surface area contributed by atoms with Gasteiger partial charge < -0.3 is 24.4 Å². The van der Waals surface area contributed by atoms with E-state index in [9.17, 15) is 14.4 Å². The maximum Gasteiger partial charge on any atom is 0.408 e. The van der Waals surface area contributed by atoms with E-state index in [1.54, 1.807) is 18.0 Å². The quantitative estimate of drug-likeness (QED) is 0.532. The SMILES string of the molecule is COC(=O)[C@@H]1C[C@@](OC)(c2ccc(-c3cnn(C)c3)cc2)CN1C(=O)[C@@H](NC(=O)OC1CCCC1)C(C)(C)C. The number of carbonyl (C=O) groups excluding carboxylic acids is 3. The molecule has 0 bridgehead atoms. The van der Waals surface area contributed by atoms with Crippen LogP contribution in [0.2, 0.25) is 0 Å². The summed E-state index contributed by atoms with van der Waals surface area (Å²) in [4.78, 5) is 41.3. The van der Waals surface area contributed by atoms with E-state index in [4.69, 9.17) is 14.2 Å². The minimum atomic E-state index is -0.936. The van der Waals surface area contributed by atoms with Crippen LogP contribution in [-0.4, -0.2) is 71.6 Å². The molecular weight excluding hydrogens is 500 g/mol. The van der Waals surface area contributed by atoms with Crippen molar-refractivity contribution in [2.75, 3.05) is 20.8 Å². The second kappa shape index (κ2) is 11.4. The average molecular weight is 541 g/mol. The van der Waals surface area contributed by atoms with Crippen LogP contribution in [-0.2, 0) is 36.4 Å². The molecule has 2 aromatic rings. The Hall–Kier alpha value is -3.40. The molecule has 1 saturated heterocycles. The number of nitrogens with zero attached hydrogens (tertiary/aromatic N) is 3. The number of ether oxygens (including phenoxy) is 3. The zero-order valence-corrected chi connectivity index (χ0v) is 23.7. The zero-order valence-electron chi connectivity index (χ0n) is 23.7. The van der Waals surface area contributed by atoms with Crippen LogP contribution in [0.3, 0.4) is 0 Å². The summed E-state index contributed by atoms with van der Waals surface area (Å²) < 4.78 is 18.5. The van der Waals surface area contributed by atoms with Crippen LogP contribution in [0.1, 0.15) is 58.4 Å². The minimum absolute atomic E-state index is 0.125. The summed E-state index contributed by atoms with van der Waals surface area (Å²) in [6.07, 6.45) is 6.90. The highest BCUT2D eigenvalue weighted by Gasteiger charge is 2.53. The molecule has 2 fully saturated rings. The van der Waals surface area contributed by atoms with Gasteiger partial charge >= 0.3 is 12.1 Å². The highest BCUT2D eigenvalue weighted by molar-refractivity contribution is 5.91. The Kier molecular flexibility index (Phi) is 8.34. The molecule has 1 aliphatic carbocycles. The Morgan fingerprint density at radius 1 is 1.08 bits per heavy atom. The molecule has 0 unspecified atom stereocenters. The number of hydrogen-bond donors (Lipinski definition) is 1. The van der Waals surface area contributed by atoms with E-state index in [1.807, 2.05) is 58.3 Å². The van der Waals surface area contributed by atoms with E-state index in [2.05, 4.69) is 10.4 Å². The predicted octanol–water partition coefficient (Wildman–Crippen LogP) is 3.79. The number of alkyl carbamates (subject to hydrolysis) is 1. The summed E-state index contributed by atoms with van der Waals surface area (Å²) in [5.41, 5.74) is 1.23. The number of aryl methyl sites for hydroxylation is 1. The van der Waals surface area contributed by atoms with Crippen molar-refractivity contribution in [2.45, 2.75) is 76.7 Å². The number of aromatic nitrogens is 2. The highest BCUT2D eigenvalue weighted by Crippen LogP contribution is 2.41. The van der Waals surface area contributed by atoms with Gasteiger partial charge in [0.15, 0.2) is 0 Å². The lowest BCUT2D eigenvalue weighted by atomic mass is 9.85. The number of likely N-dealkylation sites (tertiary alicyclic amines) is 1. The Labute approximate surface area is 230 Å². The molecule has 3 atom stereocenters. The standard InChI is InChI=1S/C29H40N4O6/c1-28(2,3)24(31-27(36)39-22-9-7-8-10-22)25(34)33-18-29(38-6,15-23(33)26(35)37-5)21-13-11-19(12-14-21)20-16-30-32(4)17-20/h11-14,16-17,22-24H,7-10,15,18H2,1-6H3,(H,31,36)/t23-,24+,29-/m0/s1. The van der Waals surface area contributed by atoms with Crippen LogP contribution in [0, 0.1) is 5.41 Å². The lowest BCUT2D eigenvalue weighted by Gasteiger charge is -2.35. The first kappa shape index (κ1) is 28.6. The third-order valence-electron chi connectivity index (χ3n) is 7.87. The Morgan fingerprint density at radius 3 is 2.28 bits per heavy atom. The molecule has 1 aromatic carbocycles. The van der Waals surface area contributed by atoms with E-state index < -0.39 is 35.2 Å². The molecule has 212 valence electrons. The van der Waals surface area contributed by atoms with Gasteiger partial charge in [0.25, 0.3) is 0 Å². The van der Waals surface area contributed by atoms with Crippen LogP contribution in [0.5, 0.6) is 0 Å². The lowest BCUT2D eigenvalue weighted by molar-refractivity contribution is -0.152. The van der Waals surface area contributed by atoms with Crippen molar-refractivity contribution in [1.82, 2.24) is 20.0 Å². The van der Waals surface area contributed by atoms with E-state index in [-0.39, 0.29) is 25.0 Å². The molecule has 1 aromatic heterocycles. The summed E-state index contributed by atoms with van der Waals surface area (Å²) in [6, 6.07) is 6.06. The van der Waals surface area contributed by atoms with Crippen LogP contribution in [0.25, 0.3) is 11.1 Å². The molecule has 10 nitrogen and oxygen atoms in total. The molecule has 4 rings (SSSR count). The van der Waals surface area contributed by atoms with E-state index in [0.29, 0.717) is 0 Å². The van der Waals surface area contributed by atoms with Gasteiger partial charge in [-0.15, -0.1) is 0 Å². The van der Waals surface area contributed by atoms with Gasteiger partial charge in [0.05, 0.1) is 19.9 Å². The highest BCUT2D eigenvalue weighted by atomic mass is 16.6. The fraction of sp³-hybridized carbons (Fsp3) is 0.586. The largest absolute Gasteiger partial charge is 0.467 e. The van der Waals surface area contributed by atoms with Crippen molar-refractivity contribution in [1.29, 1.82) is 0 Å². The molecule has 2 aliphatic rings. The van der Waals surface area contributed by atoms with Gasteiger partial charge in [-0.1, -0.05) is 45.0 Å². The van der Waals surface area contributed by atoms with Gasteiger partial charge in [-0.2, -0.15) is 5.10 Å². The summed E-state index contributed by atoms with van der Waals surface area (Å²) in [7, 11) is 4.75. The van der Waals surface area contributed by atoms with Crippen molar-refractivity contribution >= 4 is 18.0 Å². The second-order valence-corrected chi connectivity index (χ2v) is 11.6. The van der Waals surface area contributed by atoms with Crippen molar-refractivity contribution in [2.24, 2.45) is 12.5 Å². The first-order valence-electron chi connectivity index (χ1n) is 13.5. The zero-order chi connectivity index (χ0) is 28.4. The van der Waals surface area contributed by atoms with Gasteiger partial charge in [0.1, 0.15) is 23.8 Å².